The van der Waals surface area contributed by atoms with E-state index in [-0.39, 0.29) is 11.8 Å². The fraction of sp³-hybridized carbons (Fsp3) is 0.667. The third kappa shape index (κ3) is 1.91. The zero-order valence-electron chi connectivity index (χ0n) is 12.7. The summed E-state index contributed by atoms with van der Waals surface area (Å²) in [7, 11) is 0. The molecule has 2 saturated heterocycles. The van der Waals surface area contributed by atoms with Gasteiger partial charge in [-0.25, -0.2) is 15.0 Å². The SMILES string of the molecule is Fc1ncc2nc(N3OCC34CCC4)n(C3CCCCO3)c2n1. The number of fused-ring (bicyclic) bond motifs is 1. The Hall–Kier alpha value is -1.80. The maximum atomic E-state index is 13.6. The number of halogens is 1. The number of ether oxygens (including phenoxy) is 1. The predicted octanol–water partition coefficient (Wildman–Crippen LogP) is 2.34. The second kappa shape index (κ2) is 4.85. The van der Waals surface area contributed by atoms with Gasteiger partial charge in [0.2, 0.25) is 5.95 Å². The molecule has 0 aromatic carbocycles. The fourth-order valence-electron chi connectivity index (χ4n) is 3.71. The minimum Gasteiger partial charge on any atom is -0.358 e. The highest BCUT2D eigenvalue weighted by Gasteiger charge is 2.53. The van der Waals surface area contributed by atoms with E-state index in [0.717, 1.165) is 38.7 Å². The molecule has 8 heteroatoms. The summed E-state index contributed by atoms with van der Waals surface area (Å²) in [5.41, 5.74) is 1.10. The second-order valence-electron chi connectivity index (χ2n) is 6.60. The van der Waals surface area contributed by atoms with Gasteiger partial charge < -0.3 is 4.74 Å². The Bertz CT molecular complexity index is 748. The van der Waals surface area contributed by atoms with E-state index in [2.05, 4.69) is 15.0 Å². The van der Waals surface area contributed by atoms with E-state index in [9.17, 15) is 4.39 Å². The molecule has 1 aliphatic carbocycles. The molecular weight excluding hydrogens is 301 g/mol. The van der Waals surface area contributed by atoms with Gasteiger partial charge in [0.05, 0.1) is 11.7 Å². The van der Waals surface area contributed by atoms with E-state index in [1.54, 1.807) is 0 Å². The third-order valence-corrected chi connectivity index (χ3v) is 5.19. The molecule has 0 amide bonds. The molecule has 2 aliphatic heterocycles. The van der Waals surface area contributed by atoms with E-state index >= 15 is 0 Å². The second-order valence-corrected chi connectivity index (χ2v) is 6.60. The highest BCUT2D eigenvalue weighted by Crippen LogP contribution is 2.47. The fourth-order valence-corrected chi connectivity index (χ4v) is 3.71. The Labute approximate surface area is 132 Å². The van der Waals surface area contributed by atoms with Crippen molar-refractivity contribution in [3.05, 3.63) is 12.3 Å². The molecule has 1 atom stereocenters. The van der Waals surface area contributed by atoms with Crippen LogP contribution in [0.3, 0.4) is 0 Å². The molecule has 0 N–H and O–H groups in total. The average Bonchev–Trinajstić information content (AvgIpc) is 2.83. The largest absolute Gasteiger partial charge is 0.358 e. The maximum Gasteiger partial charge on any atom is 0.310 e. The zero-order valence-corrected chi connectivity index (χ0v) is 12.7. The van der Waals surface area contributed by atoms with Gasteiger partial charge in [0.1, 0.15) is 18.4 Å². The van der Waals surface area contributed by atoms with Crippen LogP contribution in [-0.2, 0) is 9.57 Å². The molecule has 2 aromatic rings. The van der Waals surface area contributed by atoms with Crippen LogP contribution in [0.1, 0.15) is 44.8 Å². The summed E-state index contributed by atoms with van der Waals surface area (Å²) < 4.78 is 21.4. The summed E-state index contributed by atoms with van der Waals surface area (Å²) in [4.78, 5) is 17.9. The quantitative estimate of drug-likeness (QED) is 0.792. The lowest BCUT2D eigenvalue weighted by Crippen LogP contribution is -2.67. The molecule has 4 heterocycles. The van der Waals surface area contributed by atoms with Crippen LogP contribution in [0.5, 0.6) is 0 Å². The van der Waals surface area contributed by atoms with E-state index in [1.807, 2.05) is 9.63 Å². The Morgan fingerprint density at radius 3 is 2.78 bits per heavy atom. The summed E-state index contributed by atoms with van der Waals surface area (Å²) in [6.45, 7) is 1.42. The van der Waals surface area contributed by atoms with E-state index in [1.165, 1.54) is 12.6 Å². The van der Waals surface area contributed by atoms with Crippen molar-refractivity contribution >= 4 is 17.1 Å². The number of nitrogens with zero attached hydrogens (tertiary/aromatic N) is 5. The molecular formula is C15H18FN5O2. The molecule has 0 radical (unpaired) electrons. The molecule has 1 spiro atoms. The number of hydrogen-bond acceptors (Lipinski definition) is 6. The van der Waals surface area contributed by atoms with Gasteiger partial charge in [-0.05, 0) is 38.5 Å². The lowest BCUT2D eigenvalue weighted by Gasteiger charge is -2.56. The van der Waals surface area contributed by atoms with Crippen LogP contribution in [0.4, 0.5) is 10.3 Å². The lowest BCUT2D eigenvalue weighted by molar-refractivity contribution is -0.129. The Balaban J connectivity index is 1.65. The van der Waals surface area contributed by atoms with Crippen LogP contribution in [0.25, 0.3) is 11.2 Å². The predicted molar refractivity (Wildman–Crippen MR) is 79.1 cm³/mol. The van der Waals surface area contributed by atoms with Crippen LogP contribution in [-0.4, -0.2) is 38.3 Å². The molecule has 2 aromatic heterocycles. The topological polar surface area (TPSA) is 65.3 Å². The van der Waals surface area contributed by atoms with Gasteiger partial charge >= 0.3 is 6.08 Å². The zero-order chi connectivity index (χ0) is 15.4. The number of hydrogen-bond donors (Lipinski definition) is 0. The van der Waals surface area contributed by atoms with Gasteiger partial charge in [0.15, 0.2) is 5.65 Å². The first-order chi connectivity index (χ1) is 11.3. The molecule has 7 nitrogen and oxygen atoms in total. The molecule has 23 heavy (non-hydrogen) atoms. The van der Waals surface area contributed by atoms with Crippen LogP contribution in [0, 0.1) is 6.08 Å². The maximum absolute atomic E-state index is 13.6. The first-order valence-corrected chi connectivity index (χ1v) is 8.22. The molecule has 0 bridgehead atoms. The minimum atomic E-state index is -0.746. The summed E-state index contributed by atoms with van der Waals surface area (Å²) in [6.07, 6.45) is 6.88. The number of anilines is 1. The smallest absolute Gasteiger partial charge is 0.310 e. The number of aromatic nitrogens is 4. The number of imidazole rings is 1. The lowest BCUT2D eigenvalue weighted by atomic mass is 9.75. The standard InChI is InChI=1S/C15H18FN5O2/c16-13-17-8-10-12(19-13)20(11-4-1-2-7-22-11)14(18-10)21-15(9-23-21)5-3-6-15/h8,11H,1-7,9H2. The minimum absolute atomic E-state index is 0.0553. The van der Waals surface area contributed by atoms with Crippen LogP contribution >= 0.6 is 0 Å². The van der Waals surface area contributed by atoms with Crippen molar-refractivity contribution in [2.45, 2.75) is 50.3 Å². The Morgan fingerprint density at radius 1 is 1.22 bits per heavy atom. The van der Waals surface area contributed by atoms with Gasteiger partial charge in [0.25, 0.3) is 0 Å². The van der Waals surface area contributed by atoms with Gasteiger partial charge in [-0.2, -0.15) is 9.37 Å². The third-order valence-electron chi connectivity index (χ3n) is 5.19. The summed E-state index contributed by atoms with van der Waals surface area (Å²) >= 11 is 0. The van der Waals surface area contributed by atoms with Crippen LogP contribution in [0.2, 0.25) is 0 Å². The van der Waals surface area contributed by atoms with Crippen molar-refractivity contribution in [2.75, 3.05) is 18.3 Å². The highest BCUT2D eigenvalue weighted by molar-refractivity contribution is 5.74. The highest BCUT2D eigenvalue weighted by atomic mass is 19.1. The van der Waals surface area contributed by atoms with Crippen molar-refractivity contribution in [3.63, 3.8) is 0 Å². The van der Waals surface area contributed by atoms with E-state index in [0.29, 0.717) is 23.7 Å². The van der Waals surface area contributed by atoms with Crippen molar-refractivity contribution in [1.29, 1.82) is 0 Å². The van der Waals surface area contributed by atoms with Crippen molar-refractivity contribution < 1.29 is 14.0 Å². The van der Waals surface area contributed by atoms with Crippen molar-refractivity contribution in [3.8, 4) is 0 Å². The van der Waals surface area contributed by atoms with Crippen molar-refractivity contribution in [1.82, 2.24) is 19.5 Å². The normalized spacial score (nSPS) is 26.3. The molecule has 122 valence electrons. The number of rotatable bonds is 2. The van der Waals surface area contributed by atoms with Crippen LogP contribution < -0.4 is 5.06 Å². The molecule has 3 aliphatic rings. The number of hydroxylamine groups is 1. The Morgan fingerprint density at radius 2 is 2.13 bits per heavy atom. The monoisotopic (exact) mass is 319 g/mol. The summed E-state index contributed by atoms with van der Waals surface area (Å²) in [5, 5.41) is 1.88. The van der Waals surface area contributed by atoms with Gasteiger partial charge in [0, 0.05) is 6.61 Å². The van der Waals surface area contributed by atoms with E-state index < -0.39 is 6.08 Å². The summed E-state index contributed by atoms with van der Waals surface area (Å²) in [5.74, 6) is 0.665. The van der Waals surface area contributed by atoms with E-state index in [4.69, 9.17) is 9.57 Å². The average molecular weight is 319 g/mol. The van der Waals surface area contributed by atoms with Gasteiger partial charge in [-0.3, -0.25) is 9.40 Å². The molecule has 3 fully saturated rings. The van der Waals surface area contributed by atoms with Gasteiger partial charge in [-0.15, -0.1) is 0 Å². The van der Waals surface area contributed by atoms with Crippen LogP contribution in [0.15, 0.2) is 6.20 Å². The summed E-state index contributed by atoms with van der Waals surface area (Å²) in [6, 6.07) is 0. The first-order valence-electron chi connectivity index (χ1n) is 8.22. The Kier molecular flexibility index (Phi) is 2.87. The van der Waals surface area contributed by atoms with Crippen molar-refractivity contribution in [2.24, 2.45) is 0 Å². The first kappa shape index (κ1) is 13.6. The van der Waals surface area contributed by atoms with Gasteiger partial charge in [-0.1, -0.05) is 0 Å². The molecule has 1 unspecified atom stereocenters. The molecule has 1 saturated carbocycles. The molecule has 5 rings (SSSR count).